The minimum atomic E-state index is -4.53. The van der Waals surface area contributed by atoms with E-state index in [1.165, 1.54) is 0 Å². The number of rotatable bonds is 11. The monoisotopic (exact) mass is 348 g/mol. The summed E-state index contributed by atoms with van der Waals surface area (Å²) < 4.78 is 38.6. The molecule has 9 heteroatoms. The average Bonchev–Trinajstić information content (AvgIpc) is 2.23. The maximum absolute atomic E-state index is 11.8. The van der Waals surface area contributed by atoms with Gasteiger partial charge in [-0.3, -0.25) is 4.52 Å². The van der Waals surface area contributed by atoms with Gasteiger partial charge < -0.3 is 18.9 Å². The zero-order chi connectivity index (χ0) is 15.8. The smallest absolute Gasteiger partial charge is 0.470 e. The molecule has 0 aromatic carbocycles. The zero-order valence-electron chi connectivity index (χ0n) is 12.2. The molecular formula is C11H25O6PS2. The minimum Gasteiger partial charge on any atom is -0.616 e. The van der Waals surface area contributed by atoms with Crippen molar-refractivity contribution >= 4 is 30.2 Å². The van der Waals surface area contributed by atoms with Crippen molar-refractivity contribution < 1.29 is 28.0 Å². The third-order valence-corrected chi connectivity index (χ3v) is 6.22. The topological polar surface area (TPSA) is 113 Å². The Hall–Kier alpha value is 0.730. The van der Waals surface area contributed by atoms with Crippen molar-refractivity contribution in [2.24, 2.45) is 0 Å². The lowest BCUT2D eigenvalue weighted by molar-refractivity contribution is 0.0627. The molecule has 0 saturated carbocycles. The van der Waals surface area contributed by atoms with E-state index in [1.54, 1.807) is 13.8 Å². The standard InChI is InChI=1S/C11H25O6PS2/c1-4-7-19(15)8-5-9-20(16)10-6-11(2,3)17-18(12,13)14/h4-10H2,1-3H3,(H2,12,13,14). The molecule has 20 heavy (non-hydrogen) atoms. The van der Waals surface area contributed by atoms with Crippen LogP contribution >= 0.6 is 7.82 Å². The summed E-state index contributed by atoms with van der Waals surface area (Å²) in [6, 6.07) is 0. The molecule has 0 aliphatic carbocycles. The first-order valence-electron chi connectivity index (χ1n) is 6.52. The fourth-order valence-electron chi connectivity index (χ4n) is 1.54. The van der Waals surface area contributed by atoms with Crippen LogP contribution in [-0.4, -0.2) is 47.5 Å². The molecule has 0 aromatic heterocycles. The molecule has 6 nitrogen and oxygen atoms in total. The van der Waals surface area contributed by atoms with Crippen LogP contribution in [0.2, 0.25) is 0 Å². The first-order chi connectivity index (χ1) is 9.06. The van der Waals surface area contributed by atoms with E-state index in [0.29, 0.717) is 35.9 Å². The van der Waals surface area contributed by atoms with Gasteiger partial charge in [0.05, 0.1) is 5.60 Å². The second-order valence-corrected chi connectivity index (χ2v) is 9.70. The number of hydrogen-bond acceptors (Lipinski definition) is 4. The molecule has 0 spiro atoms. The number of phosphoric ester groups is 1. The molecule has 2 N–H and O–H groups in total. The van der Waals surface area contributed by atoms with Crippen molar-refractivity contribution in [1.82, 2.24) is 0 Å². The van der Waals surface area contributed by atoms with Crippen molar-refractivity contribution in [3.05, 3.63) is 0 Å². The highest BCUT2D eigenvalue weighted by Gasteiger charge is 2.30. The molecule has 122 valence electrons. The van der Waals surface area contributed by atoms with Gasteiger partial charge in [-0.2, -0.15) is 0 Å². The molecule has 2 atom stereocenters. The summed E-state index contributed by atoms with van der Waals surface area (Å²) in [5.74, 6) is 2.01. The van der Waals surface area contributed by atoms with E-state index in [9.17, 15) is 13.7 Å². The second kappa shape index (κ2) is 9.69. The van der Waals surface area contributed by atoms with E-state index in [1.807, 2.05) is 6.92 Å². The summed E-state index contributed by atoms with van der Waals surface area (Å²) in [7, 11) is -4.53. The van der Waals surface area contributed by atoms with E-state index in [2.05, 4.69) is 4.52 Å². The van der Waals surface area contributed by atoms with Crippen LogP contribution in [0.4, 0.5) is 0 Å². The van der Waals surface area contributed by atoms with Crippen molar-refractivity contribution in [3.8, 4) is 0 Å². The van der Waals surface area contributed by atoms with E-state index < -0.39 is 35.8 Å². The SMILES string of the molecule is CCC[S+]([O-])CCC[S+]([O-])CCC(C)(C)OP(=O)(O)O. The Bertz CT molecular complexity index is 309. The van der Waals surface area contributed by atoms with Crippen LogP contribution in [0.25, 0.3) is 0 Å². The summed E-state index contributed by atoms with van der Waals surface area (Å²) in [5.41, 5.74) is -1.01. The number of phosphoric acid groups is 1. The molecule has 0 saturated heterocycles. The Morgan fingerprint density at radius 1 is 1.10 bits per heavy atom. The zero-order valence-corrected chi connectivity index (χ0v) is 14.8. The van der Waals surface area contributed by atoms with Gasteiger partial charge in [0.15, 0.2) is 0 Å². The van der Waals surface area contributed by atoms with Crippen molar-refractivity contribution in [2.75, 3.05) is 23.0 Å². The molecule has 0 radical (unpaired) electrons. The Morgan fingerprint density at radius 2 is 1.60 bits per heavy atom. The Morgan fingerprint density at radius 3 is 2.05 bits per heavy atom. The largest absolute Gasteiger partial charge is 0.616 e. The molecule has 0 rings (SSSR count). The molecule has 0 aliphatic heterocycles. The van der Waals surface area contributed by atoms with E-state index >= 15 is 0 Å². The summed E-state index contributed by atoms with van der Waals surface area (Å²) in [6.07, 6.45) is 1.81. The van der Waals surface area contributed by atoms with Crippen LogP contribution in [-0.2, 0) is 31.4 Å². The Labute approximate surface area is 127 Å². The van der Waals surface area contributed by atoms with Gasteiger partial charge in [0.1, 0.15) is 23.0 Å². The predicted octanol–water partition coefficient (Wildman–Crippen LogP) is 1.56. The van der Waals surface area contributed by atoms with E-state index in [-0.39, 0.29) is 0 Å². The van der Waals surface area contributed by atoms with Gasteiger partial charge in [-0.25, -0.2) is 4.57 Å². The highest BCUT2D eigenvalue weighted by molar-refractivity contribution is 7.92. The summed E-state index contributed by atoms with van der Waals surface area (Å²) in [6.45, 7) is 5.08. The summed E-state index contributed by atoms with van der Waals surface area (Å²) in [5, 5.41) is 0. The summed E-state index contributed by atoms with van der Waals surface area (Å²) >= 11 is -1.92. The molecule has 0 bridgehead atoms. The molecule has 0 fully saturated rings. The highest BCUT2D eigenvalue weighted by Crippen LogP contribution is 2.42. The highest BCUT2D eigenvalue weighted by atomic mass is 32.2. The molecule has 0 heterocycles. The van der Waals surface area contributed by atoms with Gasteiger partial charge in [0.25, 0.3) is 0 Å². The van der Waals surface area contributed by atoms with E-state index in [4.69, 9.17) is 9.79 Å². The maximum atomic E-state index is 11.8. The number of hydrogen-bond donors (Lipinski definition) is 2. The first kappa shape index (κ1) is 20.7. The van der Waals surface area contributed by atoms with Gasteiger partial charge in [-0.15, -0.1) is 0 Å². The predicted molar refractivity (Wildman–Crippen MR) is 82.5 cm³/mol. The quantitative estimate of drug-likeness (QED) is 0.433. The third-order valence-electron chi connectivity index (χ3n) is 2.47. The normalized spacial score (nSPS) is 16.1. The lowest BCUT2D eigenvalue weighted by atomic mass is 10.1. The molecular weight excluding hydrogens is 323 g/mol. The first-order valence-corrected chi connectivity index (χ1v) is 11.0. The average molecular weight is 348 g/mol. The van der Waals surface area contributed by atoms with Gasteiger partial charge in [-0.1, -0.05) is 29.3 Å². The Kier molecular flexibility index (Phi) is 10.0. The van der Waals surface area contributed by atoms with Gasteiger partial charge in [0, 0.05) is 12.8 Å². The van der Waals surface area contributed by atoms with Crippen LogP contribution in [0.15, 0.2) is 0 Å². The molecule has 0 aromatic rings. The fourth-order valence-corrected chi connectivity index (χ4v) is 4.97. The van der Waals surface area contributed by atoms with Crippen LogP contribution in [0, 0.1) is 0 Å². The molecule has 0 aliphatic rings. The lowest BCUT2D eigenvalue weighted by Crippen LogP contribution is -2.28. The second-order valence-electron chi connectivity index (χ2n) is 5.14. The van der Waals surface area contributed by atoms with Crippen LogP contribution in [0.3, 0.4) is 0 Å². The fraction of sp³-hybridized carbons (Fsp3) is 1.00. The van der Waals surface area contributed by atoms with Crippen LogP contribution < -0.4 is 0 Å². The Balaban J connectivity index is 3.87. The van der Waals surface area contributed by atoms with Gasteiger partial charge in [0.2, 0.25) is 0 Å². The lowest BCUT2D eigenvalue weighted by Gasteiger charge is -2.25. The van der Waals surface area contributed by atoms with Crippen molar-refractivity contribution in [2.45, 2.75) is 45.6 Å². The summed E-state index contributed by atoms with van der Waals surface area (Å²) in [4.78, 5) is 17.5. The van der Waals surface area contributed by atoms with Gasteiger partial charge >= 0.3 is 7.82 Å². The van der Waals surface area contributed by atoms with Crippen LogP contribution in [0.1, 0.15) is 40.0 Å². The molecule has 2 unspecified atom stereocenters. The van der Waals surface area contributed by atoms with Crippen LogP contribution in [0.5, 0.6) is 0 Å². The van der Waals surface area contributed by atoms with Crippen molar-refractivity contribution in [3.63, 3.8) is 0 Å². The third kappa shape index (κ3) is 12.5. The van der Waals surface area contributed by atoms with Gasteiger partial charge in [-0.05, 0) is 20.3 Å². The minimum absolute atomic E-state index is 0.294. The van der Waals surface area contributed by atoms with Crippen molar-refractivity contribution in [1.29, 1.82) is 0 Å². The maximum Gasteiger partial charge on any atom is 0.470 e. The molecule has 0 amide bonds. The van der Waals surface area contributed by atoms with E-state index in [0.717, 1.165) is 6.42 Å².